The Hall–Kier alpha value is -1.34. The highest BCUT2D eigenvalue weighted by molar-refractivity contribution is 5.73. The first kappa shape index (κ1) is 8.75. The predicted octanol–water partition coefficient (Wildman–Crippen LogP) is 2.38. The first-order chi connectivity index (χ1) is 5.79. The van der Waals surface area contributed by atoms with Crippen LogP contribution in [0.5, 0.6) is 0 Å². The van der Waals surface area contributed by atoms with Crippen LogP contribution < -0.4 is 0 Å². The maximum Gasteiger partial charge on any atom is 0.0687 e. The summed E-state index contributed by atoms with van der Waals surface area (Å²) in [7, 11) is 0. The second-order valence-corrected chi connectivity index (χ2v) is 2.54. The molecule has 1 N–H and O–H groups in total. The Balaban J connectivity index is 3.13. The van der Waals surface area contributed by atoms with Gasteiger partial charge < -0.3 is 5.11 Å². The minimum absolute atomic E-state index is 0.0447. The Bertz CT molecular complexity index is 300. The van der Waals surface area contributed by atoms with E-state index in [4.69, 9.17) is 5.11 Å². The molecule has 1 nitrogen and oxygen atoms in total. The normalized spacial score (nSPS) is 9.42. The molecule has 1 aromatic carbocycles. The molecule has 0 heterocycles. The lowest BCUT2D eigenvalue weighted by Crippen LogP contribution is -1.90. The van der Waals surface area contributed by atoms with Crippen LogP contribution in [0.4, 0.5) is 0 Å². The summed E-state index contributed by atoms with van der Waals surface area (Å²) in [5, 5.41) is 8.99. The third kappa shape index (κ3) is 1.63. The van der Waals surface area contributed by atoms with Crippen LogP contribution in [0.3, 0.4) is 0 Å². The van der Waals surface area contributed by atoms with Crippen molar-refractivity contribution in [3.8, 4) is 0 Å². The van der Waals surface area contributed by atoms with Crippen LogP contribution in [0.1, 0.15) is 11.1 Å². The van der Waals surface area contributed by atoms with Crippen LogP contribution in [-0.4, -0.2) is 5.11 Å². The molecule has 0 spiro atoms. The number of benzene rings is 1. The van der Waals surface area contributed by atoms with E-state index in [2.05, 4.69) is 13.2 Å². The maximum absolute atomic E-state index is 8.99. The molecule has 0 saturated carbocycles. The van der Waals surface area contributed by atoms with Gasteiger partial charge in [-0.15, -0.1) is 0 Å². The van der Waals surface area contributed by atoms with Gasteiger partial charge >= 0.3 is 0 Å². The van der Waals surface area contributed by atoms with Gasteiger partial charge in [-0.2, -0.15) is 0 Å². The highest BCUT2D eigenvalue weighted by Gasteiger charge is 2.00. The van der Waals surface area contributed by atoms with E-state index in [1.165, 1.54) is 0 Å². The van der Waals surface area contributed by atoms with Crippen molar-refractivity contribution in [2.45, 2.75) is 6.61 Å². The van der Waals surface area contributed by atoms with Crippen molar-refractivity contribution in [2.24, 2.45) is 0 Å². The molecule has 0 aliphatic carbocycles. The largest absolute Gasteiger partial charge is 0.392 e. The van der Waals surface area contributed by atoms with Gasteiger partial charge in [0.25, 0.3) is 0 Å². The van der Waals surface area contributed by atoms with Gasteiger partial charge in [0.15, 0.2) is 0 Å². The summed E-state index contributed by atoms with van der Waals surface area (Å²) in [5.41, 5.74) is 2.71. The van der Waals surface area contributed by atoms with Gasteiger partial charge in [0.1, 0.15) is 0 Å². The Morgan fingerprint density at radius 1 is 1.42 bits per heavy atom. The zero-order valence-corrected chi connectivity index (χ0v) is 6.96. The highest BCUT2D eigenvalue weighted by Crippen LogP contribution is 2.17. The van der Waals surface area contributed by atoms with Crippen LogP contribution in [0.25, 0.3) is 5.57 Å². The van der Waals surface area contributed by atoms with Crippen LogP contribution >= 0.6 is 0 Å². The van der Waals surface area contributed by atoms with Crippen molar-refractivity contribution in [1.82, 2.24) is 0 Å². The molecule has 0 atom stereocenters. The molecule has 0 radical (unpaired) electrons. The SMILES string of the molecule is C=CC(=C)c1ccccc1CO. The molecular formula is C11H12O. The first-order valence-electron chi connectivity index (χ1n) is 3.80. The molecule has 0 aliphatic heterocycles. The molecule has 1 heteroatoms. The molecule has 1 rings (SSSR count). The smallest absolute Gasteiger partial charge is 0.0687 e. The average molecular weight is 160 g/mol. The Morgan fingerprint density at radius 2 is 2.08 bits per heavy atom. The monoisotopic (exact) mass is 160 g/mol. The molecule has 0 aliphatic rings. The summed E-state index contributed by atoms with van der Waals surface area (Å²) in [4.78, 5) is 0. The van der Waals surface area contributed by atoms with Crippen molar-refractivity contribution < 1.29 is 5.11 Å². The first-order valence-corrected chi connectivity index (χ1v) is 3.80. The predicted molar refractivity (Wildman–Crippen MR) is 51.6 cm³/mol. The quantitative estimate of drug-likeness (QED) is 0.673. The summed E-state index contributed by atoms with van der Waals surface area (Å²) in [6.07, 6.45) is 1.69. The molecule has 0 amide bonds. The third-order valence-corrected chi connectivity index (χ3v) is 1.78. The highest BCUT2D eigenvalue weighted by atomic mass is 16.3. The Kier molecular flexibility index (Phi) is 2.83. The van der Waals surface area contributed by atoms with Crippen molar-refractivity contribution in [3.05, 3.63) is 54.6 Å². The summed E-state index contributed by atoms with van der Waals surface area (Å²) in [5.74, 6) is 0. The van der Waals surface area contributed by atoms with Crippen LogP contribution in [-0.2, 0) is 6.61 Å². The van der Waals surface area contributed by atoms with Crippen molar-refractivity contribution in [1.29, 1.82) is 0 Å². The zero-order valence-electron chi connectivity index (χ0n) is 6.96. The van der Waals surface area contributed by atoms with E-state index in [9.17, 15) is 0 Å². The lowest BCUT2D eigenvalue weighted by Gasteiger charge is -2.05. The van der Waals surface area contributed by atoms with Crippen LogP contribution in [0.2, 0.25) is 0 Å². The number of allylic oxidation sites excluding steroid dienone is 2. The minimum atomic E-state index is 0.0447. The van der Waals surface area contributed by atoms with E-state index >= 15 is 0 Å². The van der Waals surface area contributed by atoms with Gasteiger partial charge in [-0.3, -0.25) is 0 Å². The molecular weight excluding hydrogens is 148 g/mol. The number of hydrogen-bond acceptors (Lipinski definition) is 1. The van der Waals surface area contributed by atoms with E-state index in [0.717, 1.165) is 16.7 Å². The summed E-state index contributed by atoms with van der Waals surface area (Å²) in [6.45, 7) is 7.50. The van der Waals surface area contributed by atoms with E-state index in [1.54, 1.807) is 6.08 Å². The van der Waals surface area contributed by atoms with Crippen LogP contribution in [0.15, 0.2) is 43.5 Å². The topological polar surface area (TPSA) is 20.2 Å². The fourth-order valence-corrected chi connectivity index (χ4v) is 1.08. The standard InChI is InChI=1S/C11H12O/c1-3-9(2)11-7-5-4-6-10(11)8-12/h3-7,12H,1-2,8H2. The molecule has 12 heavy (non-hydrogen) atoms. The molecule has 1 aromatic rings. The summed E-state index contributed by atoms with van der Waals surface area (Å²) < 4.78 is 0. The fourth-order valence-electron chi connectivity index (χ4n) is 1.08. The van der Waals surface area contributed by atoms with Gasteiger partial charge in [0.2, 0.25) is 0 Å². The average Bonchev–Trinajstić information content (AvgIpc) is 2.16. The zero-order chi connectivity index (χ0) is 8.97. The molecule has 0 bridgehead atoms. The maximum atomic E-state index is 8.99. The third-order valence-electron chi connectivity index (χ3n) is 1.78. The van der Waals surface area contributed by atoms with Gasteiger partial charge in [0.05, 0.1) is 6.61 Å². The van der Waals surface area contributed by atoms with E-state index in [-0.39, 0.29) is 6.61 Å². The van der Waals surface area contributed by atoms with Gasteiger partial charge in [-0.05, 0) is 16.7 Å². The lowest BCUT2D eigenvalue weighted by atomic mass is 10.0. The summed E-state index contributed by atoms with van der Waals surface area (Å²) >= 11 is 0. The lowest BCUT2D eigenvalue weighted by molar-refractivity contribution is 0.281. The molecule has 62 valence electrons. The van der Waals surface area contributed by atoms with E-state index in [1.807, 2.05) is 24.3 Å². The van der Waals surface area contributed by atoms with Gasteiger partial charge in [-0.25, -0.2) is 0 Å². The number of rotatable bonds is 3. The molecule has 0 aromatic heterocycles. The number of aliphatic hydroxyl groups excluding tert-OH is 1. The van der Waals surface area contributed by atoms with Crippen LogP contribution in [0, 0.1) is 0 Å². The Morgan fingerprint density at radius 3 is 2.67 bits per heavy atom. The molecule has 0 saturated heterocycles. The van der Waals surface area contributed by atoms with Crippen molar-refractivity contribution in [3.63, 3.8) is 0 Å². The Labute approximate surface area is 72.7 Å². The van der Waals surface area contributed by atoms with Crippen molar-refractivity contribution >= 4 is 5.57 Å². The minimum Gasteiger partial charge on any atom is -0.392 e. The fraction of sp³-hybridized carbons (Fsp3) is 0.0909. The second-order valence-electron chi connectivity index (χ2n) is 2.54. The van der Waals surface area contributed by atoms with E-state index in [0.29, 0.717) is 0 Å². The van der Waals surface area contributed by atoms with Crippen molar-refractivity contribution in [2.75, 3.05) is 0 Å². The number of hydrogen-bond donors (Lipinski definition) is 1. The van der Waals surface area contributed by atoms with Gasteiger partial charge in [-0.1, -0.05) is 43.5 Å². The molecule has 0 unspecified atom stereocenters. The number of aliphatic hydroxyl groups is 1. The van der Waals surface area contributed by atoms with Gasteiger partial charge in [0, 0.05) is 0 Å². The van der Waals surface area contributed by atoms with E-state index < -0.39 is 0 Å². The molecule has 0 fully saturated rings. The summed E-state index contributed by atoms with van der Waals surface area (Å²) in [6, 6.07) is 7.62. The second kappa shape index (κ2) is 3.88.